The normalized spacial score (nSPS) is 10.7. The molecule has 0 saturated heterocycles. The zero-order valence-corrected chi connectivity index (χ0v) is 11.1. The molecular weight excluding hydrogens is 272 g/mol. The number of para-hydroxylation sites is 1. The lowest BCUT2D eigenvalue weighted by Crippen LogP contribution is -2.36. The molecule has 0 aliphatic carbocycles. The molecule has 20 heavy (non-hydrogen) atoms. The fraction of sp³-hybridized carbons (Fsp3) is 0.462. The number of ether oxygens (including phenoxy) is 2. The molecule has 0 spiro atoms. The van der Waals surface area contributed by atoms with Crippen LogP contribution in [-0.4, -0.2) is 55.9 Å². The highest BCUT2D eigenvalue weighted by Crippen LogP contribution is 2.21. The molecule has 1 aromatic carbocycles. The number of alkyl halides is 2. The highest BCUT2D eigenvalue weighted by atomic mass is 19.3. The SMILES string of the molecule is COCCN(CCO)C(=O)c1ccccc1OC(F)F. The summed E-state index contributed by atoms with van der Waals surface area (Å²) in [5.41, 5.74) is 0.0253. The Morgan fingerprint density at radius 2 is 2.05 bits per heavy atom. The molecule has 1 rings (SSSR count). The summed E-state index contributed by atoms with van der Waals surface area (Å²) in [4.78, 5) is 13.6. The van der Waals surface area contributed by atoms with E-state index in [1.807, 2.05) is 0 Å². The summed E-state index contributed by atoms with van der Waals surface area (Å²) in [5.74, 6) is -0.680. The van der Waals surface area contributed by atoms with Gasteiger partial charge in [0.2, 0.25) is 0 Å². The van der Waals surface area contributed by atoms with Gasteiger partial charge in [-0.1, -0.05) is 12.1 Å². The van der Waals surface area contributed by atoms with Crippen molar-refractivity contribution in [1.82, 2.24) is 4.90 Å². The molecule has 1 N–H and O–H groups in total. The highest BCUT2D eigenvalue weighted by molar-refractivity contribution is 5.96. The van der Waals surface area contributed by atoms with Crippen LogP contribution in [0.1, 0.15) is 10.4 Å². The first-order valence-corrected chi connectivity index (χ1v) is 6.03. The van der Waals surface area contributed by atoms with Crippen LogP contribution in [0.5, 0.6) is 5.75 Å². The van der Waals surface area contributed by atoms with Crippen molar-refractivity contribution in [3.8, 4) is 5.75 Å². The number of benzene rings is 1. The number of carbonyl (C=O) groups excluding carboxylic acids is 1. The molecule has 1 amide bonds. The molecule has 0 unspecified atom stereocenters. The van der Waals surface area contributed by atoms with E-state index in [1.54, 1.807) is 6.07 Å². The quantitative estimate of drug-likeness (QED) is 0.785. The van der Waals surface area contributed by atoms with E-state index in [0.717, 1.165) is 0 Å². The summed E-state index contributed by atoms with van der Waals surface area (Å²) >= 11 is 0. The summed E-state index contributed by atoms with van der Waals surface area (Å²) in [5, 5.41) is 8.96. The Kier molecular flexibility index (Phi) is 6.89. The minimum Gasteiger partial charge on any atom is -0.434 e. The lowest BCUT2D eigenvalue weighted by atomic mass is 10.1. The number of halogens is 2. The predicted molar refractivity (Wildman–Crippen MR) is 67.9 cm³/mol. The first-order chi connectivity index (χ1) is 9.60. The molecule has 0 fully saturated rings. The molecule has 112 valence electrons. The monoisotopic (exact) mass is 289 g/mol. The molecule has 1 aromatic rings. The standard InChI is InChI=1S/C13H17F2NO4/c1-19-9-7-16(6-8-17)12(18)10-4-2-3-5-11(10)20-13(14)15/h2-5,13,17H,6-9H2,1H3. The average Bonchev–Trinajstić information content (AvgIpc) is 2.42. The van der Waals surface area contributed by atoms with Gasteiger partial charge >= 0.3 is 6.61 Å². The summed E-state index contributed by atoms with van der Waals surface area (Å²) in [7, 11) is 1.48. The number of methoxy groups -OCH3 is 1. The molecule has 0 saturated carbocycles. The van der Waals surface area contributed by atoms with Crippen molar-refractivity contribution >= 4 is 5.91 Å². The molecule has 7 heteroatoms. The van der Waals surface area contributed by atoms with Gasteiger partial charge < -0.3 is 19.5 Å². The fourth-order valence-electron chi connectivity index (χ4n) is 1.65. The minimum absolute atomic E-state index is 0.0253. The Balaban J connectivity index is 2.92. The number of carbonyl (C=O) groups is 1. The number of hydrogen-bond donors (Lipinski definition) is 1. The van der Waals surface area contributed by atoms with Gasteiger partial charge in [-0.3, -0.25) is 4.79 Å². The van der Waals surface area contributed by atoms with Crippen LogP contribution in [0.25, 0.3) is 0 Å². The van der Waals surface area contributed by atoms with Gasteiger partial charge in [-0.15, -0.1) is 0 Å². The maximum absolute atomic E-state index is 12.3. The maximum Gasteiger partial charge on any atom is 0.387 e. The average molecular weight is 289 g/mol. The second-order valence-electron chi connectivity index (χ2n) is 3.88. The largest absolute Gasteiger partial charge is 0.434 e. The van der Waals surface area contributed by atoms with Gasteiger partial charge in [0.05, 0.1) is 18.8 Å². The molecular formula is C13H17F2NO4. The van der Waals surface area contributed by atoms with E-state index < -0.39 is 12.5 Å². The molecule has 0 aliphatic heterocycles. The third kappa shape index (κ3) is 4.75. The van der Waals surface area contributed by atoms with E-state index in [4.69, 9.17) is 9.84 Å². The van der Waals surface area contributed by atoms with Crippen LogP contribution < -0.4 is 4.74 Å². The van der Waals surface area contributed by atoms with E-state index in [-0.39, 0.29) is 37.6 Å². The molecule has 0 atom stereocenters. The van der Waals surface area contributed by atoms with Gasteiger partial charge in [0.15, 0.2) is 0 Å². The Morgan fingerprint density at radius 3 is 2.65 bits per heavy atom. The van der Waals surface area contributed by atoms with Gasteiger partial charge in [0, 0.05) is 20.2 Å². The number of nitrogens with zero attached hydrogens (tertiary/aromatic N) is 1. The van der Waals surface area contributed by atoms with Crippen molar-refractivity contribution in [1.29, 1.82) is 0 Å². The summed E-state index contributed by atoms with van der Waals surface area (Å²) in [6.45, 7) is -2.62. The van der Waals surface area contributed by atoms with Gasteiger partial charge in [-0.2, -0.15) is 8.78 Å². The summed E-state index contributed by atoms with van der Waals surface area (Å²) < 4.78 is 33.8. The lowest BCUT2D eigenvalue weighted by Gasteiger charge is -2.22. The molecule has 0 aromatic heterocycles. The first kappa shape index (κ1) is 16.3. The Morgan fingerprint density at radius 1 is 1.35 bits per heavy atom. The number of amides is 1. The summed E-state index contributed by atoms with van der Waals surface area (Å²) in [6.07, 6.45) is 0. The lowest BCUT2D eigenvalue weighted by molar-refractivity contribution is -0.0503. The zero-order valence-electron chi connectivity index (χ0n) is 11.1. The number of rotatable bonds is 8. The Labute approximate surface area is 115 Å². The fourth-order valence-corrected chi connectivity index (χ4v) is 1.65. The van der Waals surface area contributed by atoms with Crippen LogP contribution in [0.3, 0.4) is 0 Å². The van der Waals surface area contributed by atoms with Crippen molar-refractivity contribution < 1.29 is 28.2 Å². The van der Waals surface area contributed by atoms with E-state index in [1.165, 1.54) is 30.2 Å². The smallest absolute Gasteiger partial charge is 0.387 e. The predicted octanol–water partition coefficient (Wildman–Crippen LogP) is 1.37. The second kappa shape index (κ2) is 8.44. The molecule has 0 heterocycles. The van der Waals surface area contributed by atoms with Crippen LogP contribution in [-0.2, 0) is 4.74 Å². The van der Waals surface area contributed by atoms with Gasteiger partial charge in [0.25, 0.3) is 5.91 Å². The number of aliphatic hydroxyl groups excluding tert-OH is 1. The van der Waals surface area contributed by atoms with Crippen molar-refractivity contribution in [2.75, 3.05) is 33.4 Å². The van der Waals surface area contributed by atoms with Crippen molar-refractivity contribution in [3.05, 3.63) is 29.8 Å². The Hall–Kier alpha value is -1.73. The number of aliphatic hydroxyl groups is 1. The molecule has 5 nitrogen and oxygen atoms in total. The third-order valence-corrected chi connectivity index (χ3v) is 2.56. The molecule has 0 bridgehead atoms. The molecule has 0 aliphatic rings. The van der Waals surface area contributed by atoms with Gasteiger partial charge in [0.1, 0.15) is 5.75 Å². The first-order valence-electron chi connectivity index (χ1n) is 6.03. The van der Waals surface area contributed by atoms with E-state index in [9.17, 15) is 13.6 Å². The minimum atomic E-state index is -3.01. The number of hydrogen-bond acceptors (Lipinski definition) is 4. The zero-order chi connectivity index (χ0) is 15.0. The van der Waals surface area contributed by atoms with E-state index in [0.29, 0.717) is 0 Å². The van der Waals surface area contributed by atoms with Crippen LogP contribution in [0.2, 0.25) is 0 Å². The van der Waals surface area contributed by atoms with Crippen LogP contribution in [0, 0.1) is 0 Å². The van der Waals surface area contributed by atoms with Crippen molar-refractivity contribution in [2.45, 2.75) is 6.61 Å². The summed E-state index contributed by atoms with van der Waals surface area (Å²) in [6, 6.07) is 5.75. The molecule has 0 radical (unpaired) electrons. The topological polar surface area (TPSA) is 59.0 Å². The third-order valence-electron chi connectivity index (χ3n) is 2.56. The van der Waals surface area contributed by atoms with E-state index >= 15 is 0 Å². The van der Waals surface area contributed by atoms with Crippen LogP contribution in [0.4, 0.5) is 8.78 Å². The van der Waals surface area contributed by atoms with Crippen molar-refractivity contribution in [3.63, 3.8) is 0 Å². The van der Waals surface area contributed by atoms with Gasteiger partial charge in [-0.05, 0) is 12.1 Å². The maximum atomic E-state index is 12.3. The van der Waals surface area contributed by atoms with Crippen LogP contribution >= 0.6 is 0 Å². The highest BCUT2D eigenvalue weighted by Gasteiger charge is 2.20. The van der Waals surface area contributed by atoms with Crippen molar-refractivity contribution in [2.24, 2.45) is 0 Å². The van der Waals surface area contributed by atoms with E-state index in [2.05, 4.69) is 4.74 Å². The van der Waals surface area contributed by atoms with Crippen LogP contribution in [0.15, 0.2) is 24.3 Å². The Bertz CT molecular complexity index is 429. The van der Waals surface area contributed by atoms with Gasteiger partial charge in [-0.25, -0.2) is 0 Å². The second-order valence-corrected chi connectivity index (χ2v) is 3.88.